The average Bonchev–Trinajstić information content (AvgIpc) is 3.33. The van der Waals surface area contributed by atoms with Crippen molar-refractivity contribution in [3.63, 3.8) is 0 Å². The fraction of sp³-hybridized carbons (Fsp3) is 0.754. The Labute approximate surface area is 414 Å². The average molecular weight is 936 g/mol. The topological polar surface area (TPSA) is 78.9 Å². The molecule has 0 radical (unpaired) electrons. The van der Waals surface area contributed by atoms with Gasteiger partial charge in [0.2, 0.25) is 0 Å². The van der Waals surface area contributed by atoms with Gasteiger partial charge in [0.15, 0.2) is 6.10 Å². The second-order valence-corrected chi connectivity index (χ2v) is 18.8. The summed E-state index contributed by atoms with van der Waals surface area (Å²) in [7, 11) is 0. The Balaban J connectivity index is 4.35. The van der Waals surface area contributed by atoms with Crippen LogP contribution in [0.5, 0.6) is 0 Å². The van der Waals surface area contributed by atoms with Crippen LogP contribution in [0.1, 0.15) is 278 Å². The molecule has 0 saturated heterocycles. The van der Waals surface area contributed by atoms with Crippen molar-refractivity contribution < 1.29 is 28.6 Å². The van der Waals surface area contributed by atoms with E-state index in [1.165, 1.54) is 135 Å². The van der Waals surface area contributed by atoms with Crippen molar-refractivity contribution in [1.82, 2.24) is 0 Å². The largest absolute Gasteiger partial charge is 0.462 e. The molecule has 0 amide bonds. The smallest absolute Gasteiger partial charge is 0.306 e. The highest BCUT2D eigenvalue weighted by Crippen LogP contribution is 2.15. The third kappa shape index (κ3) is 53.7. The SMILES string of the molecule is CC/C=C\C/C=C\C/C=C\C/C=C\CCCCCCC(=O)OC(COC(=O)CCCCCCC/C=C\CCCC)COC(=O)CCCCCCCCCCC/C=C\CCCCCCCCCC. The lowest BCUT2D eigenvalue weighted by Gasteiger charge is -2.18. The molecule has 386 valence electrons. The number of carbonyl (C=O) groups excluding carboxylic acids is 3. The zero-order valence-electron chi connectivity index (χ0n) is 44.2. The van der Waals surface area contributed by atoms with Gasteiger partial charge in [-0.2, -0.15) is 0 Å². The monoisotopic (exact) mass is 935 g/mol. The molecule has 0 heterocycles. The molecular formula is C61H106O6. The summed E-state index contributed by atoms with van der Waals surface area (Å²) in [6.45, 7) is 6.47. The van der Waals surface area contributed by atoms with E-state index in [0.717, 1.165) is 103 Å². The Morgan fingerprint density at radius 2 is 0.597 bits per heavy atom. The van der Waals surface area contributed by atoms with Gasteiger partial charge in [0.1, 0.15) is 13.2 Å². The maximum absolute atomic E-state index is 12.8. The molecule has 67 heavy (non-hydrogen) atoms. The Morgan fingerprint density at radius 1 is 0.313 bits per heavy atom. The quantitative estimate of drug-likeness (QED) is 0.0262. The van der Waals surface area contributed by atoms with Crippen LogP contribution in [0.15, 0.2) is 72.9 Å². The first kappa shape index (κ1) is 63.8. The molecule has 0 saturated carbocycles. The van der Waals surface area contributed by atoms with Crippen LogP contribution >= 0.6 is 0 Å². The molecule has 0 aromatic rings. The van der Waals surface area contributed by atoms with Gasteiger partial charge in [0.05, 0.1) is 0 Å². The summed E-state index contributed by atoms with van der Waals surface area (Å²) in [5.41, 5.74) is 0. The molecule has 0 aliphatic rings. The van der Waals surface area contributed by atoms with Gasteiger partial charge in [-0.1, -0.05) is 229 Å². The van der Waals surface area contributed by atoms with Crippen molar-refractivity contribution in [3.05, 3.63) is 72.9 Å². The van der Waals surface area contributed by atoms with Gasteiger partial charge in [-0.15, -0.1) is 0 Å². The van der Waals surface area contributed by atoms with E-state index in [1.807, 2.05) is 0 Å². The predicted octanol–water partition coefficient (Wildman–Crippen LogP) is 19.0. The molecule has 0 aliphatic heterocycles. The first-order valence-electron chi connectivity index (χ1n) is 28.4. The molecule has 0 spiro atoms. The fourth-order valence-electron chi connectivity index (χ4n) is 7.88. The molecule has 0 aromatic carbocycles. The molecule has 0 fully saturated rings. The minimum absolute atomic E-state index is 0.0886. The fourth-order valence-corrected chi connectivity index (χ4v) is 7.88. The van der Waals surface area contributed by atoms with Crippen LogP contribution in [0.25, 0.3) is 0 Å². The number of ether oxygens (including phenoxy) is 3. The first-order valence-corrected chi connectivity index (χ1v) is 28.4. The number of hydrogen-bond acceptors (Lipinski definition) is 6. The van der Waals surface area contributed by atoms with Crippen LogP contribution in [0.4, 0.5) is 0 Å². The van der Waals surface area contributed by atoms with E-state index < -0.39 is 6.10 Å². The summed E-state index contributed by atoms with van der Waals surface area (Å²) in [5, 5.41) is 0. The van der Waals surface area contributed by atoms with Crippen LogP contribution in [0, 0.1) is 0 Å². The van der Waals surface area contributed by atoms with Crippen LogP contribution < -0.4 is 0 Å². The maximum Gasteiger partial charge on any atom is 0.306 e. The van der Waals surface area contributed by atoms with E-state index in [0.29, 0.717) is 19.3 Å². The molecule has 1 atom stereocenters. The van der Waals surface area contributed by atoms with E-state index in [2.05, 4.69) is 93.7 Å². The van der Waals surface area contributed by atoms with E-state index in [1.54, 1.807) is 0 Å². The number of hydrogen-bond donors (Lipinski definition) is 0. The van der Waals surface area contributed by atoms with Crippen molar-refractivity contribution in [3.8, 4) is 0 Å². The highest BCUT2D eigenvalue weighted by molar-refractivity contribution is 5.71. The van der Waals surface area contributed by atoms with E-state index >= 15 is 0 Å². The number of rotatable bonds is 51. The first-order chi connectivity index (χ1) is 33.0. The summed E-state index contributed by atoms with van der Waals surface area (Å²) in [4.78, 5) is 38.1. The number of allylic oxidation sites excluding steroid dienone is 12. The minimum Gasteiger partial charge on any atom is -0.462 e. The lowest BCUT2D eigenvalue weighted by atomic mass is 10.1. The molecule has 0 bridgehead atoms. The molecule has 0 N–H and O–H groups in total. The lowest BCUT2D eigenvalue weighted by Crippen LogP contribution is -2.30. The Hall–Kier alpha value is -3.15. The number of esters is 3. The van der Waals surface area contributed by atoms with Crippen LogP contribution in [0.2, 0.25) is 0 Å². The highest BCUT2D eigenvalue weighted by atomic mass is 16.6. The van der Waals surface area contributed by atoms with Gasteiger partial charge in [-0.3, -0.25) is 14.4 Å². The van der Waals surface area contributed by atoms with Crippen molar-refractivity contribution >= 4 is 17.9 Å². The lowest BCUT2D eigenvalue weighted by molar-refractivity contribution is -0.167. The molecule has 0 rings (SSSR count). The zero-order valence-corrected chi connectivity index (χ0v) is 44.2. The number of unbranched alkanes of at least 4 members (excludes halogenated alkanes) is 28. The molecule has 0 aliphatic carbocycles. The standard InChI is InChI=1S/C61H106O6/c1-4-7-10-13-16-19-22-24-26-28-29-30-31-33-34-36-39-42-45-48-51-54-60(63)66-57-58(56-65-59(62)53-50-47-44-41-38-21-18-15-12-9-6-3)67-61(64)55-52-49-46-43-40-37-35-32-27-25-23-20-17-14-11-8-5-2/h8,11,15,17-18,20,25,27-29,35,37,58H,4-7,9-10,12-14,16,19,21-24,26,30-34,36,38-57H2,1-3H3/b11-8-,18-15-,20-17-,27-25-,29-28-,37-35-. The highest BCUT2D eigenvalue weighted by Gasteiger charge is 2.19. The van der Waals surface area contributed by atoms with Gasteiger partial charge in [-0.25, -0.2) is 0 Å². The third-order valence-electron chi connectivity index (χ3n) is 12.2. The Bertz CT molecular complexity index is 1260. The summed E-state index contributed by atoms with van der Waals surface area (Å²) in [5.74, 6) is -0.919. The van der Waals surface area contributed by atoms with Crippen LogP contribution in [-0.4, -0.2) is 37.2 Å². The predicted molar refractivity (Wildman–Crippen MR) is 288 cm³/mol. The molecular weight excluding hydrogens is 829 g/mol. The zero-order chi connectivity index (χ0) is 48.6. The van der Waals surface area contributed by atoms with Gasteiger partial charge in [-0.05, 0) is 103 Å². The molecule has 1 unspecified atom stereocenters. The van der Waals surface area contributed by atoms with Gasteiger partial charge in [0, 0.05) is 19.3 Å². The molecule has 6 nitrogen and oxygen atoms in total. The van der Waals surface area contributed by atoms with Crippen molar-refractivity contribution in [2.75, 3.05) is 13.2 Å². The molecule has 0 aromatic heterocycles. The Kier molecular flexibility index (Phi) is 52.8. The summed E-state index contributed by atoms with van der Waals surface area (Å²) in [6.07, 6.45) is 70.4. The van der Waals surface area contributed by atoms with E-state index in [4.69, 9.17) is 14.2 Å². The van der Waals surface area contributed by atoms with Crippen molar-refractivity contribution in [1.29, 1.82) is 0 Å². The Morgan fingerprint density at radius 3 is 0.970 bits per heavy atom. The summed E-state index contributed by atoms with van der Waals surface area (Å²) in [6, 6.07) is 0. The minimum atomic E-state index is -0.792. The summed E-state index contributed by atoms with van der Waals surface area (Å²) >= 11 is 0. The number of carbonyl (C=O) groups is 3. The van der Waals surface area contributed by atoms with E-state index in [9.17, 15) is 14.4 Å². The second-order valence-electron chi connectivity index (χ2n) is 18.8. The molecule has 6 heteroatoms. The van der Waals surface area contributed by atoms with Crippen molar-refractivity contribution in [2.45, 2.75) is 284 Å². The van der Waals surface area contributed by atoms with E-state index in [-0.39, 0.29) is 31.1 Å². The third-order valence-corrected chi connectivity index (χ3v) is 12.2. The van der Waals surface area contributed by atoms with Gasteiger partial charge in [0.25, 0.3) is 0 Å². The normalized spacial score (nSPS) is 12.6. The van der Waals surface area contributed by atoms with Gasteiger partial charge >= 0.3 is 17.9 Å². The summed E-state index contributed by atoms with van der Waals surface area (Å²) < 4.78 is 16.8. The van der Waals surface area contributed by atoms with Crippen LogP contribution in [0.3, 0.4) is 0 Å². The van der Waals surface area contributed by atoms with Crippen LogP contribution in [-0.2, 0) is 28.6 Å². The second kappa shape index (κ2) is 55.4. The van der Waals surface area contributed by atoms with Gasteiger partial charge < -0.3 is 14.2 Å². The maximum atomic E-state index is 12.8. The van der Waals surface area contributed by atoms with Crippen molar-refractivity contribution in [2.24, 2.45) is 0 Å².